The van der Waals surface area contributed by atoms with Crippen molar-refractivity contribution in [2.24, 2.45) is 0 Å². The standard InChI is InChI=1S/C24H17ClFN5/c1-2-14-3-5-15(6-4-14)23-22-17(18-11-19(25)20(26)12-21(18)30-22)8-10-31(23)24-28-9-7-16(13-27)29-24/h2-7,9,11-12,23,30H,1,8,10H2. The molecule has 1 unspecified atom stereocenters. The first kappa shape index (κ1) is 19.3. The zero-order valence-electron chi connectivity index (χ0n) is 16.4. The highest BCUT2D eigenvalue weighted by Crippen LogP contribution is 2.40. The predicted octanol–water partition coefficient (Wildman–Crippen LogP) is 5.42. The van der Waals surface area contributed by atoms with E-state index in [0.717, 1.165) is 27.8 Å². The summed E-state index contributed by atoms with van der Waals surface area (Å²) in [5.74, 6) is 0.0203. The number of aromatic nitrogens is 3. The molecule has 3 heterocycles. The Kier molecular flexibility index (Phi) is 4.68. The van der Waals surface area contributed by atoms with Gasteiger partial charge >= 0.3 is 0 Å². The fraction of sp³-hybridized carbons (Fsp3) is 0.125. The molecule has 5 rings (SSSR count). The summed E-state index contributed by atoms with van der Waals surface area (Å²) >= 11 is 6.07. The molecule has 0 amide bonds. The van der Waals surface area contributed by atoms with Crippen molar-refractivity contribution < 1.29 is 4.39 Å². The van der Waals surface area contributed by atoms with Gasteiger partial charge in [-0.1, -0.05) is 48.5 Å². The second-order valence-corrected chi connectivity index (χ2v) is 7.81. The van der Waals surface area contributed by atoms with Gasteiger partial charge in [-0.05, 0) is 41.3 Å². The molecule has 5 nitrogen and oxygen atoms in total. The number of anilines is 1. The van der Waals surface area contributed by atoms with Crippen molar-refractivity contribution in [2.45, 2.75) is 12.5 Å². The minimum absolute atomic E-state index is 0.105. The van der Waals surface area contributed by atoms with Crippen LogP contribution in [0.4, 0.5) is 10.3 Å². The number of nitrogens with zero attached hydrogens (tertiary/aromatic N) is 4. The van der Waals surface area contributed by atoms with Gasteiger partial charge in [-0.3, -0.25) is 0 Å². The Hall–Kier alpha value is -3.69. The van der Waals surface area contributed by atoms with Crippen LogP contribution < -0.4 is 4.90 Å². The first-order valence-corrected chi connectivity index (χ1v) is 10.2. The monoisotopic (exact) mass is 429 g/mol. The van der Waals surface area contributed by atoms with Gasteiger partial charge in [-0.25, -0.2) is 14.4 Å². The predicted molar refractivity (Wildman–Crippen MR) is 119 cm³/mol. The quantitative estimate of drug-likeness (QED) is 0.472. The Bertz CT molecular complexity index is 1350. The van der Waals surface area contributed by atoms with Crippen molar-refractivity contribution in [3.05, 3.63) is 94.2 Å². The topological polar surface area (TPSA) is 68.6 Å². The average molecular weight is 430 g/mol. The number of aromatic amines is 1. The zero-order chi connectivity index (χ0) is 21.5. The van der Waals surface area contributed by atoms with Crippen LogP contribution in [0.1, 0.15) is 34.1 Å². The molecule has 0 saturated heterocycles. The number of fused-ring (bicyclic) bond motifs is 3. The highest BCUT2D eigenvalue weighted by atomic mass is 35.5. The van der Waals surface area contributed by atoms with E-state index >= 15 is 0 Å². The Morgan fingerprint density at radius 1 is 1.26 bits per heavy atom. The molecular weight excluding hydrogens is 413 g/mol. The van der Waals surface area contributed by atoms with Crippen molar-refractivity contribution in [1.29, 1.82) is 5.26 Å². The molecule has 1 atom stereocenters. The number of nitrogens with one attached hydrogen (secondary N) is 1. The number of hydrogen-bond acceptors (Lipinski definition) is 4. The van der Waals surface area contributed by atoms with Crippen molar-refractivity contribution >= 4 is 34.5 Å². The molecule has 1 aliphatic heterocycles. The lowest BCUT2D eigenvalue weighted by molar-refractivity contribution is 0.625. The molecule has 0 bridgehead atoms. The van der Waals surface area contributed by atoms with E-state index < -0.39 is 5.82 Å². The van der Waals surface area contributed by atoms with Crippen LogP contribution in [0.25, 0.3) is 17.0 Å². The Balaban J connectivity index is 1.72. The molecule has 152 valence electrons. The third kappa shape index (κ3) is 3.24. The number of hydrogen-bond donors (Lipinski definition) is 1. The van der Waals surface area contributed by atoms with Crippen molar-refractivity contribution in [1.82, 2.24) is 15.0 Å². The smallest absolute Gasteiger partial charge is 0.227 e. The number of halogens is 2. The zero-order valence-corrected chi connectivity index (χ0v) is 17.2. The second-order valence-electron chi connectivity index (χ2n) is 7.40. The first-order valence-electron chi connectivity index (χ1n) is 9.80. The van der Waals surface area contributed by atoms with E-state index in [1.807, 2.05) is 24.3 Å². The van der Waals surface area contributed by atoms with E-state index in [9.17, 15) is 9.65 Å². The van der Waals surface area contributed by atoms with Gasteiger partial charge in [0.15, 0.2) is 0 Å². The molecule has 0 aliphatic carbocycles. The van der Waals surface area contributed by atoms with Crippen molar-refractivity contribution in [3.8, 4) is 6.07 Å². The highest BCUT2D eigenvalue weighted by Gasteiger charge is 2.33. The molecule has 7 heteroatoms. The largest absolute Gasteiger partial charge is 0.356 e. The van der Waals surface area contributed by atoms with E-state index in [1.54, 1.807) is 24.4 Å². The van der Waals surface area contributed by atoms with E-state index in [0.29, 0.717) is 30.1 Å². The van der Waals surface area contributed by atoms with Crippen LogP contribution in [0.2, 0.25) is 5.02 Å². The van der Waals surface area contributed by atoms with Crippen LogP contribution in [-0.2, 0) is 6.42 Å². The summed E-state index contributed by atoms with van der Waals surface area (Å²) < 4.78 is 14.1. The van der Waals surface area contributed by atoms with Crippen LogP contribution in [0.5, 0.6) is 0 Å². The molecule has 0 saturated carbocycles. The van der Waals surface area contributed by atoms with Crippen LogP contribution in [0.3, 0.4) is 0 Å². The average Bonchev–Trinajstić information content (AvgIpc) is 3.16. The Labute approximate surface area is 183 Å². The lowest BCUT2D eigenvalue weighted by atomic mass is 9.92. The Morgan fingerprint density at radius 3 is 2.81 bits per heavy atom. The van der Waals surface area contributed by atoms with E-state index in [1.165, 1.54) is 6.07 Å². The van der Waals surface area contributed by atoms with Crippen LogP contribution in [0.15, 0.2) is 55.2 Å². The summed E-state index contributed by atoms with van der Waals surface area (Å²) in [5, 5.41) is 10.3. The molecule has 2 aromatic heterocycles. The Morgan fingerprint density at radius 2 is 2.06 bits per heavy atom. The minimum atomic E-state index is -0.457. The summed E-state index contributed by atoms with van der Waals surface area (Å²) in [5.41, 5.74) is 5.09. The lowest BCUT2D eigenvalue weighted by Crippen LogP contribution is -2.37. The fourth-order valence-electron chi connectivity index (χ4n) is 4.21. The molecule has 2 aromatic carbocycles. The highest BCUT2D eigenvalue weighted by molar-refractivity contribution is 6.31. The van der Waals surface area contributed by atoms with E-state index in [2.05, 4.69) is 32.5 Å². The third-order valence-electron chi connectivity index (χ3n) is 5.67. The maximum Gasteiger partial charge on any atom is 0.227 e. The maximum absolute atomic E-state index is 14.1. The molecule has 1 N–H and O–H groups in total. The molecule has 4 aromatic rings. The summed E-state index contributed by atoms with van der Waals surface area (Å²) in [6.07, 6.45) is 4.09. The SMILES string of the molecule is C=Cc1ccc(C2c3[nH]c4cc(F)c(Cl)cc4c3CCN2c2nccc(C#N)n2)cc1. The van der Waals surface area contributed by atoms with Gasteiger partial charge in [0, 0.05) is 29.3 Å². The normalized spacial score (nSPS) is 15.5. The summed E-state index contributed by atoms with van der Waals surface area (Å²) in [4.78, 5) is 14.3. The number of nitriles is 1. The van der Waals surface area contributed by atoms with Gasteiger partial charge in [0.1, 0.15) is 17.6 Å². The number of rotatable bonds is 3. The van der Waals surface area contributed by atoms with Crippen LogP contribution >= 0.6 is 11.6 Å². The van der Waals surface area contributed by atoms with Gasteiger partial charge < -0.3 is 9.88 Å². The van der Waals surface area contributed by atoms with Crippen molar-refractivity contribution in [3.63, 3.8) is 0 Å². The fourth-order valence-corrected chi connectivity index (χ4v) is 4.37. The molecular formula is C24H17ClFN5. The van der Waals surface area contributed by atoms with E-state index in [4.69, 9.17) is 11.6 Å². The molecule has 0 radical (unpaired) electrons. The maximum atomic E-state index is 14.1. The van der Waals surface area contributed by atoms with Gasteiger partial charge in [0.05, 0.1) is 11.1 Å². The van der Waals surface area contributed by atoms with Gasteiger partial charge in [0.25, 0.3) is 0 Å². The second kappa shape index (κ2) is 7.53. The van der Waals surface area contributed by atoms with E-state index in [-0.39, 0.29) is 11.1 Å². The van der Waals surface area contributed by atoms with Gasteiger partial charge in [-0.15, -0.1) is 0 Å². The number of H-pyrrole nitrogens is 1. The molecule has 0 spiro atoms. The third-order valence-corrected chi connectivity index (χ3v) is 5.96. The molecule has 31 heavy (non-hydrogen) atoms. The van der Waals surface area contributed by atoms with Gasteiger partial charge in [-0.2, -0.15) is 5.26 Å². The van der Waals surface area contributed by atoms with Crippen LogP contribution in [-0.4, -0.2) is 21.5 Å². The summed E-state index contributed by atoms with van der Waals surface area (Å²) in [6, 6.07) is 14.6. The summed E-state index contributed by atoms with van der Waals surface area (Å²) in [6.45, 7) is 4.46. The summed E-state index contributed by atoms with van der Waals surface area (Å²) in [7, 11) is 0. The first-order chi connectivity index (χ1) is 15.1. The number of benzene rings is 2. The van der Waals surface area contributed by atoms with Crippen molar-refractivity contribution in [2.75, 3.05) is 11.4 Å². The minimum Gasteiger partial charge on any atom is -0.356 e. The molecule has 1 aliphatic rings. The van der Waals surface area contributed by atoms with Crippen LogP contribution in [0, 0.1) is 17.1 Å². The molecule has 0 fully saturated rings. The van der Waals surface area contributed by atoms with Gasteiger partial charge in [0.2, 0.25) is 5.95 Å². The lowest BCUT2D eigenvalue weighted by Gasteiger charge is -2.36.